The van der Waals surface area contributed by atoms with Crippen molar-refractivity contribution >= 4 is 10.8 Å². The molecule has 0 saturated heterocycles. The van der Waals surface area contributed by atoms with Gasteiger partial charge in [-0.1, -0.05) is 0 Å². The predicted molar refractivity (Wildman–Crippen MR) is 58.4 cm³/mol. The minimum Gasteiger partial charge on any atom is -0.328 e. The lowest BCUT2D eigenvalue weighted by Crippen LogP contribution is -2.19. The highest BCUT2D eigenvalue weighted by molar-refractivity contribution is 7.85. The maximum atomic E-state index is 13.4. The third-order valence-corrected chi connectivity index (χ3v) is 4.64. The van der Waals surface area contributed by atoms with Gasteiger partial charge >= 0.3 is 0 Å². The highest BCUT2D eigenvalue weighted by atomic mass is 32.2. The molecule has 0 heterocycles. The Bertz CT molecular complexity index is 424. The van der Waals surface area contributed by atoms with Crippen molar-refractivity contribution in [1.82, 2.24) is 0 Å². The largest absolute Gasteiger partial charge is 0.328 e. The summed E-state index contributed by atoms with van der Waals surface area (Å²) in [6.07, 6.45) is 2.20. The van der Waals surface area contributed by atoms with E-state index in [2.05, 4.69) is 0 Å². The van der Waals surface area contributed by atoms with E-state index in [9.17, 15) is 13.0 Å². The van der Waals surface area contributed by atoms with Crippen molar-refractivity contribution < 1.29 is 13.0 Å². The SMILES string of the molecule is NC1CCC(S(=O)c2ccc(F)cc2F)C1. The van der Waals surface area contributed by atoms with Crippen LogP contribution in [0.2, 0.25) is 0 Å². The van der Waals surface area contributed by atoms with Crippen molar-refractivity contribution in [2.75, 3.05) is 0 Å². The molecule has 2 N–H and O–H groups in total. The first-order valence-electron chi connectivity index (χ1n) is 5.19. The topological polar surface area (TPSA) is 43.1 Å². The van der Waals surface area contributed by atoms with Gasteiger partial charge in [-0.3, -0.25) is 4.21 Å². The third-order valence-electron chi connectivity index (χ3n) is 2.84. The fraction of sp³-hybridized carbons (Fsp3) is 0.455. The fourth-order valence-corrected chi connectivity index (χ4v) is 3.57. The Kier molecular flexibility index (Phi) is 3.35. The van der Waals surface area contributed by atoms with Crippen LogP contribution in [0.15, 0.2) is 23.1 Å². The molecule has 1 aromatic carbocycles. The highest BCUT2D eigenvalue weighted by Gasteiger charge is 2.28. The molecule has 0 bridgehead atoms. The maximum Gasteiger partial charge on any atom is 0.142 e. The molecule has 2 nitrogen and oxygen atoms in total. The van der Waals surface area contributed by atoms with Gasteiger partial charge in [0.15, 0.2) is 0 Å². The lowest BCUT2D eigenvalue weighted by molar-refractivity contribution is 0.560. The lowest BCUT2D eigenvalue weighted by atomic mass is 10.3. The number of halogens is 2. The number of benzene rings is 1. The molecule has 3 unspecified atom stereocenters. The first kappa shape index (κ1) is 11.7. The number of hydrogen-bond donors (Lipinski definition) is 1. The Hall–Kier alpha value is -0.810. The van der Waals surface area contributed by atoms with Crippen LogP contribution in [-0.4, -0.2) is 15.5 Å². The molecule has 88 valence electrons. The molecule has 1 saturated carbocycles. The Morgan fingerprint density at radius 3 is 2.62 bits per heavy atom. The van der Waals surface area contributed by atoms with Crippen LogP contribution >= 0.6 is 0 Å². The van der Waals surface area contributed by atoms with E-state index in [-0.39, 0.29) is 16.2 Å². The van der Waals surface area contributed by atoms with Gasteiger partial charge in [-0.25, -0.2) is 8.78 Å². The van der Waals surface area contributed by atoms with Crippen LogP contribution in [0.4, 0.5) is 8.78 Å². The molecule has 2 rings (SSSR count). The van der Waals surface area contributed by atoms with Crippen LogP contribution in [-0.2, 0) is 10.8 Å². The zero-order valence-corrected chi connectivity index (χ0v) is 9.47. The molecule has 0 aliphatic heterocycles. The summed E-state index contributed by atoms with van der Waals surface area (Å²) in [5.74, 6) is -1.39. The van der Waals surface area contributed by atoms with Gasteiger partial charge in [0.1, 0.15) is 11.6 Å². The van der Waals surface area contributed by atoms with Gasteiger partial charge in [0.05, 0.1) is 15.7 Å². The Morgan fingerprint density at radius 2 is 2.06 bits per heavy atom. The summed E-state index contributed by atoms with van der Waals surface area (Å²) >= 11 is 0. The molecule has 0 amide bonds. The summed E-state index contributed by atoms with van der Waals surface area (Å²) in [5.41, 5.74) is 5.71. The Labute approximate surface area is 95.3 Å². The summed E-state index contributed by atoms with van der Waals surface area (Å²) in [4.78, 5) is 0.0838. The van der Waals surface area contributed by atoms with Crippen LogP contribution in [0.3, 0.4) is 0 Å². The smallest absolute Gasteiger partial charge is 0.142 e. The van der Waals surface area contributed by atoms with E-state index >= 15 is 0 Å². The van der Waals surface area contributed by atoms with E-state index in [4.69, 9.17) is 5.73 Å². The van der Waals surface area contributed by atoms with Crippen molar-refractivity contribution in [3.05, 3.63) is 29.8 Å². The van der Waals surface area contributed by atoms with Gasteiger partial charge in [-0.2, -0.15) is 0 Å². The first-order chi connectivity index (χ1) is 7.58. The lowest BCUT2D eigenvalue weighted by Gasteiger charge is -2.10. The standard InChI is InChI=1S/C11H13F2NOS/c12-7-1-4-11(10(13)5-7)16(15)9-3-2-8(14)6-9/h1,4-5,8-9H,2-3,6,14H2. The second kappa shape index (κ2) is 4.59. The summed E-state index contributed by atoms with van der Waals surface area (Å²) in [5, 5.41) is -0.102. The second-order valence-corrected chi connectivity index (χ2v) is 5.77. The molecular formula is C11H13F2NOS. The third kappa shape index (κ3) is 2.30. The van der Waals surface area contributed by atoms with Crippen molar-refractivity contribution in [2.45, 2.75) is 35.4 Å². The van der Waals surface area contributed by atoms with E-state index in [1.54, 1.807) is 0 Å². The van der Waals surface area contributed by atoms with E-state index in [0.717, 1.165) is 25.0 Å². The van der Waals surface area contributed by atoms with Crippen molar-refractivity contribution in [2.24, 2.45) is 5.73 Å². The van der Waals surface area contributed by atoms with Crippen molar-refractivity contribution in [1.29, 1.82) is 0 Å². The number of hydrogen-bond acceptors (Lipinski definition) is 2. The number of nitrogens with two attached hydrogens (primary N) is 1. The second-order valence-electron chi connectivity index (χ2n) is 4.07. The first-order valence-corrected chi connectivity index (χ1v) is 6.40. The quantitative estimate of drug-likeness (QED) is 0.865. The van der Waals surface area contributed by atoms with Gasteiger partial charge in [-0.15, -0.1) is 0 Å². The molecule has 1 aliphatic rings. The average molecular weight is 245 g/mol. The molecule has 0 aromatic heterocycles. The summed E-state index contributed by atoms with van der Waals surface area (Å²) in [6, 6.07) is 3.20. The molecule has 3 atom stereocenters. The van der Waals surface area contributed by atoms with E-state index in [0.29, 0.717) is 6.42 Å². The molecule has 0 spiro atoms. The van der Waals surface area contributed by atoms with Gasteiger partial charge in [0.25, 0.3) is 0 Å². The number of rotatable bonds is 2. The van der Waals surface area contributed by atoms with Gasteiger partial charge in [-0.05, 0) is 31.4 Å². The van der Waals surface area contributed by atoms with Crippen LogP contribution in [0.25, 0.3) is 0 Å². The normalized spacial score (nSPS) is 26.9. The summed E-state index contributed by atoms with van der Waals surface area (Å²) < 4.78 is 38.1. The summed E-state index contributed by atoms with van der Waals surface area (Å²) in [6.45, 7) is 0. The Morgan fingerprint density at radius 1 is 1.31 bits per heavy atom. The van der Waals surface area contributed by atoms with Gasteiger partial charge in [0, 0.05) is 17.4 Å². The van der Waals surface area contributed by atoms with Gasteiger partial charge < -0.3 is 5.73 Å². The molecule has 1 aliphatic carbocycles. The maximum absolute atomic E-state index is 13.4. The molecular weight excluding hydrogens is 232 g/mol. The van der Waals surface area contributed by atoms with Crippen molar-refractivity contribution in [3.63, 3.8) is 0 Å². The zero-order valence-electron chi connectivity index (χ0n) is 8.66. The molecule has 5 heteroatoms. The van der Waals surface area contributed by atoms with E-state index in [1.807, 2.05) is 0 Å². The van der Waals surface area contributed by atoms with Crippen molar-refractivity contribution in [3.8, 4) is 0 Å². The molecule has 1 aromatic rings. The molecule has 0 radical (unpaired) electrons. The van der Waals surface area contributed by atoms with Crippen LogP contribution in [0.1, 0.15) is 19.3 Å². The zero-order chi connectivity index (χ0) is 11.7. The van der Waals surface area contributed by atoms with Crippen LogP contribution in [0.5, 0.6) is 0 Å². The molecule has 1 fully saturated rings. The predicted octanol–water partition coefficient (Wildman–Crippen LogP) is 1.95. The average Bonchev–Trinajstić information content (AvgIpc) is 2.64. The van der Waals surface area contributed by atoms with Gasteiger partial charge in [0.2, 0.25) is 0 Å². The fourth-order valence-electron chi connectivity index (χ4n) is 1.99. The van der Waals surface area contributed by atoms with Crippen LogP contribution in [0, 0.1) is 11.6 Å². The van der Waals surface area contributed by atoms with E-state index in [1.165, 1.54) is 6.07 Å². The van der Waals surface area contributed by atoms with E-state index < -0.39 is 22.4 Å². The summed E-state index contributed by atoms with van der Waals surface area (Å²) in [7, 11) is -1.42. The monoisotopic (exact) mass is 245 g/mol. The Balaban J connectivity index is 2.21. The highest BCUT2D eigenvalue weighted by Crippen LogP contribution is 2.27. The minimum absolute atomic E-state index is 0.0532. The minimum atomic E-state index is -1.42. The molecule has 16 heavy (non-hydrogen) atoms. The van der Waals surface area contributed by atoms with Crippen LogP contribution < -0.4 is 5.73 Å².